The number of carbonyl (C=O) groups excluding carboxylic acids is 1. The van der Waals surface area contributed by atoms with Crippen molar-refractivity contribution in [2.24, 2.45) is 5.92 Å². The molecule has 0 aromatic heterocycles. The zero-order chi connectivity index (χ0) is 20.5. The molecule has 2 aromatic carbocycles. The summed E-state index contributed by atoms with van der Waals surface area (Å²) < 4.78 is 0. The van der Waals surface area contributed by atoms with Gasteiger partial charge in [0.15, 0.2) is 5.78 Å². The third-order valence-corrected chi connectivity index (χ3v) is 5.19. The average molecular weight is 373 g/mol. The van der Waals surface area contributed by atoms with Crippen LogP contribution in [0.25, 0.3) is 6.08 Å². The van der Waals surface area contributed by atoms with Crippen molar-refractivity contribution in [2.45, 2.75) is 59.8 Å². The van der Waals surface area contributed by atoms with Gasteiger partial charge in [-0.3, -0.25) is 4.79 Å². The number of benzene rings is 2. The van der Waals surface area contributed by atoms with Crippen LogP contribution in [0, 0.1) is 24.7 Å². The van der Waals surface area contributed by atoms with Gasteiger partial charge < -0.3 is 0 Å². The summed E-state index contributed by atoms with van der Waals surface area (Å²) in [7, 11) is 0. The largest absolute Gasteiger partial charge is 0.294 e. The van der Waals surface area contributed by atoms with Crippen LogP contribution in [0.2, 0.25) is 0 Å². The lowest BCUT2D eigenvalue weighted by Crippen LogP contribution is -2.04. The second-order valence-corrected chi connectivity index (χ2v) is 7.61. The van der Waals surface area contributed by atoms with E-state index in [1.54, 1.807) is 0 Å². The Labute approximate surface area is 170 Å². The molecule has 28 heavy (non-hydrogen) atoms. The third kappa shape index (κ3) is 6.24. The number of carbonyl (C=O) groups is 1. The second kappa shape index (κ2) is 10.7. The topological polar surface area (TPSA) is 17.1 Å². The number of ketones is 1. The maximum absolute atomic E-state index is 12.8. The van der Waals surface area contributed by atoms with Crippen LogP contribution in [0.4, 0.5) is 0 Å². The molecule has 1 unspecified atom stereocenters. The zero-order valence-electron chi connectivity index (χ0n) is 17.8. The van der Waals surface area contributed by atoms with E-state index in [-0.39, 0.29) is 5.78 Å². The Balaban J connectivity index is 2.14. The monoisotopic (exact) mass is 372 g/mol. The Morgan fingerprint density at radius 3 is 2.57 bits per heavy atom. The number of hydrogen-bond acceptors (Lipinski definition) is 1. The molecule has 1 nitrogen and oxygen atoms in total. The van der Waals surface area contributed by atoms with Crippen LogP contribution in [0.5, 0.6) is 0 Å². The van der Waals surface area contributed by atoms with Crippen molar-refractivity contribution in [3.05, 3.63) is 76.4 Å². The van der Waals surface area contributed by atoms with Crippen LogP contribution in [0.1, 0.15) is 78.2 Å². The molecule has 0 aliphatic rings. The van der Waals surface area contributed by atoms with E-state index in [2.05, 4.69) is 50.5 Å². The molecule has 0 radical (unpaired) electrons. The van der Waals surface area contributed by atoms with Crippen LogP contribution >= 0.6 is 0 Å². The molecule has 1 heteroatoms. The third-order valence-electron chi connectivity index (χ3n) is 5.19. The predicted molar refractivity (Wildman–Crippen MR) is 121 cm³/mol. The lowest BCUT2D eigenvalue weighted by atomic mass is 9.93. The molecule has 146 valence electrons. The molecule has 2 aromatic rings. The van der Waals surface area contributed by atoms with Gasteiger partial charge in [-0.25, -0.2) is 0 Å². The molecule has 0 aliphatic carbocycles. The Morgan fingerprint density at radius 2 is 1.89 bits per heavy atom. The summed E-state index contributed by atoms with van der Waals surface area (Å²) in [6, 6.07) is 12.5. The molecular weight excluding hydrogens is 340 g/mol. The second-order valence-electron chi connectivity index (χ2n) is 7.61. The van der Waals surface area contributed by atoms with Gasteiger partial charge in [-0.1, -0.05) is 82.0 Å². The molecule has 0 aliphatic heterocycles. The van der Waals surface area contributed by atoms with Crippen LogP contribution in [0.3, 0.4) is 0 Å². The van der Waals surface area contributed by atoms with E-state index < -0.39 is 0 Å². The van der Waals surface area contributed by atoms with E-state index in [9.17, 15) is 4.79 Å². The van der Waals surface area contributed by atoms with Gasteiger partial charge in [0.25, 0.3) is 0 Å². The molecule has 0 heterocycles. The highest BCUT2D eigenvalue weighted by molar-refractivity contribution is 5.96. The Hall–Kier alpha value is -2.59. The zero-order valence-corrected chi connectivity index (χ0v) is 17.8. The quantitative estimate of drug-likeness (QED) is 0.368. The van der Waals surface area contributed by atoms with E-state index in [4.69, 9.17) is 0 Å². The van der Waals surface area contributed by atoms with Crippen molar-refractivity contribution in [3.8, 4) is 11.8 Å². The lowest BCUT2D eigenvalue weighted by molar-refractivity contribution is 0.0983. The van der Waals surface area contributed by atoms with Gasteiger partial charge in [-0.2, -0.15) is 0 Å². The molecule has 0 bridgehead atoms. The van der Waals surface area contributed by atoms with Crippen LogP contribution in [-0.4, -0.2) is 5.78 Å². The molecule has 0 amide bonds. The standard InChI is InChI=1S/C27H32O/c1-6-9-10-25-19-26(13-11-21(25)5)27(28)14-12-23-16-22(8-3)17-24(18-23)15-20(4)7-2/h8,11,13,16-20H,3,6-7,12,14-15H2,1-2,4-5H3. The van der Waals surface area contributed by atoms with Crippen molar-refractivity contribution >= 4 is 11.9 Å². The molecule has 0 N–H and O–H groups in total. The van der Waals surface area contributed by atoms with Crippen molar-refractivity contribution in [1.82, 2.24) is 0 Å². The fourth-order valence-corrected chi connectivity index (χ4v) is 3.23. The first-order chi connectivity index (χ1) is 13.5. The number of rotatable bonds is 8. The molecule has 0 spiro atoms. The summed E-state index contributed by atoms with van der Waals surface area (Å²) in [4.78, 5) is 12.8. The SMILES string of the molecule is C=Cc1cc(CCC(=O)c2ccc(C)c(C#CCC)c2)cc(CC(C)CC)c1. The summed E-state index contributed by atoms with van der Waals surface area (Å²) in [6.45, 7) is 12.5. The van der Waals surface area contributed by atoms with E-state index in [0.717, 1.165) is 41.5 Å². The van der Waals surface area contributed by atoms with Gasteiger partial charge in [-0.15, -0.1) is 0 Å². The predicted octanol–water partition coefficient (Wildman–Crippen LogP) is 6.80. The summed E-state index contributed by atoms with van der Waals surface area (Å²) >= 11 is 0. The highest BCUT2D eigenvalue weighted by atomic mass is 16.1. The smallest absolute Gasteiger partial charge is 0.163 e. The Kier molecular flexibility index (Phi) is 8.27. The maximum Gasteiger partial charge on any atom is 0.163 e. The van der Waals surface area contributed by atoms with Gasteiger partial charge in [0.05, 0.1) is 0 Å². The molecule has 0 saturated heterocycles. The average Bonchev–Trinajstić information content (AvgIpc) is 2.71. The summed E-state index contributed by atoms with van der Waals surface area (Å²) in [5, 5.41) is 0. The van der Waals surface area contributed by atoms with E-state index in [0.29, 0.717) is 12.3 Å². The van der Waals surface area contributed by atoms with Crippen LogP contribution in [0.15, 0.2) is 43.0 Å². The van der Waals surface area contributed by atoms with E-state index in [1.807, 2.05) is 38.1 Å². The van der Waals surface area contributed by atoms with Crippen LogP contribution in [-0.2, 0) is 12.8 Å². The van der Waals surface area contributed by atoms with Gasteiger partial charge >= 0.3 is 0 Å². The number of hydrogen-bond donors (Lipinski definition) is 0. The van der Waals surface area contributed by atoms with Crippen molar-refractivity contribution in [2.75, 3.05) is 0 Å². The van der Waals surface area contributed by atoms with Crippen molar-refractivity contribution in [3.63, 3.8) is 0 Å². The Bertz CT molecular complexity index is 892. The fraction of sp³-hybridized carbons (Fsp3) is 0.370. The highest BCUT2D eigenvalue weighted by Crippen LogP contribution is 2.19. The normalized spacial score (nSPS) is 11.4. The Morgan fingerprint density at radius 1 is 1.14 bits per heavy atom. The minimum atomic E-state index is 0.173. The number of Topliss-reactive ketones (excluding diaryl/α,β-unsaturated/α-hetero) is 1. The first-order valence-electron chi connectivity index (χ1n) is 10.3. The van der Waals surface area contributed by atoms with Crippen molar-refractivity contribution in [1.29, 1.82) is 0 Å². The van der Waals surface area contributed by atoms with Gasteiger partial charge in [0, 0.05) is 24.0 Å². The van der Waals surface area contributed by atoms with E-state index >= 15 is 0 Å². The van der Waals surface area contributed by atoms with Gasteiger partial charge in [0.2, 0.25) is 0 Å². The molecule has 1 atom stereocenters. The minimum Gasteiger partial charge on any atom is -0.294 e. The molecule has 0 fully saturated rings. The first kappa shape index (κ1) is 21.7. The van der Waals surface area contributed by atoms with Crippen molar-refractivity contribution < 1.29 is 4.79 Å². The number of aryl methyl sites for hydroxylation is 2. The summed E-state index contributed by atoms with van der Waals surface area (Å²) in [6.07, 6.45) is 6.20. The maximum atomic E-state index is 12.8. The first-order valence-corrected chi connectivity index (χ1v) is 10.3. The fourth-order valence-electron chi connectivity index (χ4n) is 3.23. The molecular formula is C27H32O. The molecule has 2 rings (SSSR count). The van der Waals surface area contributed by atoms with E-state index in [1.165, 1.54) is 17.5 Å². The molecule has 0 saturated carbocycles. The summed E-state index contributed by atoms with van der Waals surface area (Å²) in [5.41, 5.74) is 6.51. The van der Waals surface area contributed by atoms with Gasteiger partial charge in [0.1, 0.15) is 0 Å². The minimum absolute atomic E-state index is 0.173. The highest BCUT2D eigenvalue weighted by Gasteiger charge is 2.10. The van der Waals surface area contributed by atoms with Gasteiger partial charge in [-0.05, 0) is 54.0 Å². The summed E-state index contributed by atoms with van der Waals surface area (Å²) in [5.74, 6) is 7.09. The lowest BCUT2D eigenvalue weighted by Gasteiger charge is -2.12. The van der Waals surface area contributed by atoms with Crippen LogP contribution < -0.4 is 0 Å².